The van der Waals surface area contributed by atoms with Crippen LogP contribution >= 0.6 is 11.6 Å². The van der Waals surface area contributed by atoms with Gasteiger partial charge < -0.3 is 5.32 Å². The first-order valence-electron chi connectivity index (χ1n) is 9.07. The molecule has 0 aromatic heterocycles. The zero-order valence-corrected chi connectivity index (χ0v) is 17.4. The monoisotopic (exact) mass is 405 g/mol. The molecule has 0 spiro atoms. The van der Waals surface area contributed by atoms with Crippen molar-refractivity contribution in [1.29, 1.82) is 0 Å². The molecule has 4 nitrogen and oxygen atoms in total. The maximum absolute atomic E-state index is 13.6. The maximum Gasteiger partial charge on any atom is 0.246 e. The lowest BCUT2D eigenvalue weighted by Gasteiger charge is -2.29. The zero-order valence-electron chi connectivity index (χ0n) is 15.8. The maximum atomic E-state index is 13.6. The fourth-order valence-corrected chi connectivity index (χ4v) is 6.30. The second-order valence-electron chi connectivity index (χ2n) is 7.34. The number of hydrogen-bond donors (Lipinski definition) is 1. The molecular weight excluding hydrogens is 382 g/mol. The normalized spacial score (nSPS) is 16.3. The highest BCUT2D eigenvalue weighted by molar-refractivity contribution is 7.93. The molecule has 0 radical (unpaired) electrons. The second kappa shape index (κ2) is 7.28. The van der Waals surface area contributed by atoms with E-state index < -0.39 is 20.5 Å². The van der Waals surface area contributed by atoms with Gasteiger partial charge in [-0.15, -0.1) is 0 Å². The van der Waals surface area contributed by atoms with Gasteiger partial charge in [-0.2, -0.15) is 0 Å². The van der Waals surface area contributed by atoms with E-state index in [2.05, 4.69) is 5.32 Å². The first-order valence-corrected chi connectivity index (χ1v) is 10.9. The minimum absolute atomic E-state index is 0.252. The molecule has 1 saturated carbocycles. The van der Waals surface area contributed by atoms with Gasteiger partial charge in [-0.25, -0.2) is 8.42 Å². The van der Waals surface area contributed by atoms with Gasteiger partial charge >= 0.3 is 0 Å². The molecule has 3 rings (SSSR count). The number of hydrogen-bond acceptors (Lipinski definition) is 3. The molecule has 0 bridgehead atoms. The molecule has 27 heavy (non-hydrogen) atoms. The number of carbonyl (C=O) groups is 1. The summed E-state index contributed by atoms with van der Waals surface area (Å²) in [6.45, 7) is 5.43. The molecule has 0 heterocycles. The van der Waals surface area contributed by atoms with Crippen LogP contribution in [0.25, 0.3) is 0 Å². The number of carbonyl (C=O) groups excluding carboxylic acids is 1. The Morgan fingerprint density at radius 3 is 2.41 bits per heavy atom. The minimum Gasteiger partial charge on any atom is -0.324 e. The van der Waals surface area contributed by atoms with Crippen molar-refractivity contribution in [1.82, 2.24) is 0 Å². The van der Waals surface area contributed by atoms with Crippen molar-refractivity contribution in [3.05, 3.63) is 58.1 Å². The van der Waals surface area contributed by atoms with Crippen LogP contribution in [0.2, 0.25) is 5.02 Å². The van der Waals surface area contributed by atoms with Crippen LogP contribution in [-0.2, 0) is 14.6 Å². The molecule has 6 heteroatoms. The van der Waals surface area contributed by atoms with Crippen molar-refractivity contribution in [2.45, 2.75) is 56.1 Å². The van der Waals surface area contributed by atoms with E-state index in [-0.39, 0.29) is 4.90 Å². The summed E-state index contributed by atoms with van der Waals surface area (Å²) in [4.78, 5) is 13.5. The number of aryl methyl sites for hydroxylation is 2. The predicted molar refractivity (Wildman–Crippen MR) is 109 cm³/mol. The number of nitrogens with one attached hydrogen (secondary N) is 1. The summed E-state index contributed by atoms with van der Waals surface area (Å²) in [5.41, 5.74) is 2.80. The molecule has 1 fully saturated rings. The lowest BCUT2D eigenvalue weighted by molar-refractivity contribution is -0.118. The van der Waals surface area contributed by atoms with Crippen molar-refractivity contribution >= 4 is 33.0 Å². The average molecular weight is 406 g/mol. The average Bonchev–Trinajstić information content (AvgIpc) is 3.12. The summed E-state index contributed by atoms with van der Waals surface area (Å²) in [5, 5.41) is 3.37. The van der Waals surface area contributed by atoms with Crippen LogP contribution < -0.4 is 5.32 Å². The van der Waals surface area contributed by atoms with Gasteiger partial charge in [-0.1, -0.05) is 42.6 Å². The highest BCUT2D eigenvalue weighted by Crippen LogP contribution is 2.42. The van der Waals surface area contributed by atoms with E-state index in [1.807, 2.05) is 13.0 Å². The summed E-state index contributed by atoms with van der Waals surface area (Å²) in [6.07, 6.45) is 2.08. The molecule has 0 unspecified atom stereocenters. The molecule has 1 aliphatic carbocycles. The number of amides is 1. The Balaban J connectivity index is 2.06. The smallest absolute Gasteiger partial charge is 0.246 e. The summed E-state index contributed by atoms with van der Waals surface area (Å²) < 4.78 is 25.8. The first kappa shape index (κ1) is 19.9. The van der Waals surface area contributed by atoms with Gasteiger partial charge in [0.25, 0.3) is 0 Å². The highest BCUT2D eigenvalue weighted by Gasteiger charge is 2.53. The van der Waals surface area contributed by atoms with Crippen LogP contribution in [0.4, 0.5) is 5.69 Å². The van der Waals surface area contributed by atoms with Crippen molar-refractivity contribution in [2.24, 2.45) is 0 Å². The van der Waals surface area contributed by atoms with E-state index in [1.165, 1.54) is 0 Å². The topological polar surface area (TPSA) is 63.2 Å². The van der Waals surface area contributed by atoms with E-state index in [0.717, 1.165) is 11.1 Å². The Labute approximate surface area is 165 Å². The Morgan fingerprint density at radius 2 is 1.74 bits per heavy atom. The summed E-state index contributed by atoms with van der Waals surface area (Å²) in [5.74, 6) is -0.466. The van der Waals surface area contributed by atoms with Crippen molar-refractivity contribution in [3.8, 4) is 0 Å². The molecule has 144 valence electrons. The molecule has 2 aromatic rings. The van der Waals surface area contributed by atoms with Gasteiger partial charge in [0, 0.05) is 10.7 Å². The molecule has 1 amide bonds. The van der Waals surface area contributed by atoms with E-state index in [4.69, 9.17) is 11.6 Å². The number of rotatable bonds is 4. The second-order valence-corrected chi connectivity index (χ2v) is 9.98. The van der Waals surface area contributed by atoms with Gasteiger partial charge in [-0.05, 0) is 68.5 Å². The molecule has 0 saturated heterocycles. The van der Waals surface area contributed by atoms with E-state index in [1.54, 1.807) is 44.2 Å². The van der Waals surface area contributed by atoms with Gasteiger partial charge in [0.05, 0.1) is 4.90 Å². The zero-order chi connectivity index (χ0) is 19.8. The van der Waals surface area contributed by atoms with Crippen LogP contribution in [0.15, 0.2) is 41.3 Å². The fourth-order valence-electron chi connectivity index (χ4n) is 3.75. The molecular formula is C21H24ClNO3S. The number of benzene rings is 2. The molecule has 2 aromatic carbocycles. The van der Waals surface area contributed by atoms with E-state index >= 15 is 0 Å². The standard InChI is InChI=1S/C21H24ClNO3S/c1-14-9-10-15(2)19(13-14)27(25,26)21(11-4-5-12-21)20(24)23-18-8-6-7-17(22)16(18)3/h6-10,13H,4-5,11-12H2,1-3H3,(H,23,24). The largest absolute Gasteiger partial charge is 0.324 e. The Kier molecular flexibility index (Phi) is 5.37. The molecule has 0 aliphatic heterocycles. The van der Waals surface area contributed by atoms with Gasteiger partial charge in [0.2, 0.25) is 5.91 Å². The SMILES string of the molecule is Cc1ccc(C)c(S(=O)(=O)C2(C(=O)Nc3cccc(Cl)c3C)CCCC2)c1. The van der Waals surface area contributed by atoms with Crippen LogP contribution in [-0.4, -0.2) is 19.1 Å². The first-order chi connectivity index (χ1) is 12.7. The highest BCUT2D eigenvalue weighted by atomic mass is 35.5. The van der Waals surface area contributed by atoms with Crippen LogP contribution in [0.1, 0.15) is 42.4 Å². The Bertz CT molecular complexity index is 992. The van der Waals surface area contributed by atoms with E-state index in [9.17, 15) is 13.2 Å². The predicted octanol–water partition coefficient (Wildman–Crippen LogP) is 4.99. The summed E-state index contributed by atoms with van der Waals surface area (Å²) in [7, 11) is -3.84. The molecule has 1 N–H and O–H groups in total. The summed E-state index contributed by atoms with van der Waals surface area (Å²) >= 11 is 6.15. The quantitative estimate of drug-likeness (QED) is 0.779. The number of anilines is 1. The molecule has 1 aliphatic rings. The Hall–Kier alpha value is -1.85. The van der Waals surface area contributed by atoms with E-state index in [0.29, 0.717) is 42.0 Å². The number of sulfone groups is 1. The lowest BCUT2D eigenvalue weighted by atomic mass is 10.1. The van der Waals surface area contributed by atoms with Gasteiger partial charge in [0.1, 0.15) is 0 Å². The lowest BCUT2D eigenvalue weighted by Crippen LogP contribution is -2.47. The third-order valence-corrected chi connectivity index (χ3v) is 8.54. The van der Waals surface area contributed by atoms with Crippen molar-refractivity contribution < 1.29 is 13.2 Å². The third-order valence-electron chi connectivity index (χ3n) is 5.49. The molecule has 0 atom stereocenters. The minimum atomic E-state index is -3.84. The fraction of sp³-hybridized carbons (Fsp3) is 0.381. The van der Waals surface area contributed by atoms with Gasteiger partial charge in [-0.3, -0.25) is 4.79 Å². The third kappa shape index (κ3) is 3.39. The van der Waals surface area contributed by atoms with Crippen molar-refractivity contribution in [3.63, 3.8) is 0 Å². The Morgan fingerprint density at radius 1 is 1.07 bits per heavy atom. The summed E-state index contributed by atoms with van der Waals surface area (Å²) in [6, 6.07) is 10.6. The van der Waals surface area contributed by atoms with Crippen LogP contribution in [0.5, 0.6) is 0 Å². The number of halogens is 1. The van der Waals surface area contributed by atoms with Gasteiger partial charge in [0.15, 0.2) is 14.6 Å². The van der Waals surface area contributed by atoms with Crippen molar-refractivity contribution in [2.75, 3.05) is 5.32 Å². The van der Waals surface area contributed by atoms with Crippen LogP contribution in [0, 0.1) is 20.8 Å². The van der Waals surface area contributed by atoms with Crippen LogP contribution in [0.3, 0.4) is 0 Å².